The third-order valence-electron chi connectivity index (χ3n) is 19.2. The van der Waals surface area contributed by atoms with Gasteiger partial charge in [-0.05, 0) is 167 Å². The van der Waals surface area contributed by atoms with E-state index in [2.05, 4.69) is 304 Å². The van der Waals surface area contributed by atoms with E-state index in [1.54, 1.807) is 0 Å². The van der Waals surface area contributed by atoms with Crippen molar-refractivity contribution in [2.45, 2.75) is 55.4 Å². The second kappa shape index (κ2) is 20.5. The summed E-state index contributed by atoms with van der Waals surface area (Å²) in [7, 11) is 0. The van der Waals surface area contributed by atoms with Gasteiger partial charge in [0.2, 0.25) is 5.89 Å². The van der Waals surface area contributed by atoms with Gasteiger partial charge in [0.05, 0.1) is 89.4 Å². The zero-order valence-electron chi connectivity index (χ0n) is 53.1. The van der Waals surface area contributed by atoms with Gasteiger partial charge in [0.25, 0.3) is 0 Å². The van der Waals surface area contributed by atoms with Crippen molar-refractivity contribution in [1.29, 1.82) is 0 Å². The number of rotatable bonds is 8. The molecule has 0 unspecified atom stereocenters. The molecule has 6 heterocycles. The minimum Gasteiger partial charge on any atom is -0.436 e. The van der Waals surface area contributed by atoms with Crippen LogP contribution < -0.4 is 0 Å². The Morgan fingerprint density at radius 3 is 0.882 bits per heavy atom. The van der Waals surface area contributed by atoms with Gasteiger partial charge in [-0.3, -0.25) is 0 Å². The molecule has 444 valence electrons. The van der Waals surface area contributed by atoms with Gasteiger partial charge in [0, 0.05) is 54.2 Å². The molecule has 8 heteroatoms. The Kier molecular flexibility index (Phi) is 12.0. The van der Waals surface area contributed by atoms with Crippen LogP contribution in [-0.2, 0) is 0 Å². The van der Waals surface area contributed by atoms with Crippen LogP contribution in [0.1, 0.15) is 44.5 Å². The van der Waals surface area contributed by atoms with Gasteiger partial charge >= 0.3 is 0 Å². The number of para-hydroxylation sites is 2. The van der Waals surface area contributed by atoms with Crippen LogP contribution in [0.2, 0.25) is 0 Å². The van der Waals surface area contributed by atoms with E-state index in [0.29, 0.717) is 17.3 Å². The van der Waals surface area contributed by atoms with Gasteiger partial charge in [-0.25, -0.2) is 15.0 Å². The highest BCUT2D eigenvalue weighted by atomic mass is 16.3. The fourth-order valence-electron chi connectivity index (χ4n) is 15.0. The number of aryl methyl sites for hydroxylation is 8. The predicted molar refractivity (Wildman–Crippen MR) is 387 cm³/mol. The number of fused-ring (bicyclic) bond motifs is 13. The van der Waals surface area contributed by atoms with Crippen LogP contribution in [0.15, 0.2) is 241 Å². The lowest BCUT2D eigenvalue weighted by molar-refractivity contribution is 0.619. The first kappa shape index (κ1) is 54.3. The maximum Gasteiger partial charge on any atom is 0.231 e. The number of benzene rings is 12. The standard InChI is InChI=1S/C85H63N7O/c1-48-23-31-58-59-32-24-49(2)40-70(59)89(69(58)39-48)80-78(68-47-67(56-17-11-9-12-18-56)86-84(87-68)57-19-13-10-14-20-57)81(90-71-41-50(3)25-33-60(71)61-34-26-51(4)42-72(61)90)83(92-75-45-54(7)29-37-64(75)65-38-30-55(8)46-76(65)92)79(85-88-66-21-15-16-22-77(66)93-85)82(80)91-73-43-52(5)27-35-62(73)63-36-28-53(6)44-74(63)91/h9-47H,1-8H3. The highest BCUT2D eigenvalue weighted by Gasteiger charge is 2.38. The van der Waals surface area contributed by atoms with Crippen LogP contribution in [-0.4, -0.2) is 33.2 Å². The van der Waals surface area contributed by atoms with E-state index in [0.717, 1.165) is 194 Å². The normalized spacial score (nSPS) is 12.1. The van der Waals surface area contributed by atoms with E-state index < -0.39 is 0 Å². The molecule has 0 atom stereocenters. The molecule has 0 saturated heterocycles. The van der Waals surface area contributed by atoms with Gasteiger partial charge < -0.3 is 22.7 Å². The topological polar surface area (TPSA) is 71.5 Å². The number of oxazole rings is 1. The summed E-state index contributed by atoms with van der Waals surface area (Å²) in [6.07, 6.45) is 0. The minimum absolute atomic E-state index is 0.472. The van der Waals surface area contributed by atoms with E-state index in [-0.39, 0.29) is 0 Å². The highest BCUT2D eigenvalue weighted by molar-refractivity contribution is 6.19. The summed E-state index contributed by atoms with van der Waals surface area (Å²) in [6, 6.07) is 87.1. The predicted octanol–water partition coefficient (Wildman–Crippen LogP) is 22.1. The molecule has 12 aromatic carbocycles. The fourth-order valence-corrected chi connectivity index (χ4v) is 15.0. The monoisotopic (exact) mass is 1200 g/mol. The van der Waals surface area contributed by atoms with Crippen molar-refractivity contribution >= 4 is 98.3 Å². The average molecular weight is 1200 g/mol. The van der Waals surface area contributed by atoms with E-state index in [1.165, 1.54) is 0 Å². The molecule has 0 saturated carbocycles. The lowest BCUT2D eigenvalue weighted by Crippen LogP contribution is -2.16. The second-order valence-corrected chi connectivity index (χ2v) is 25.8. The summed E-state index contributed by atoms with van der Waals surface area (Å²) in [5.41, 5.74) is 27.5. The van der Waals surface area contributed by atoms with Crippen molar-refractivity contribution in [2.75, 3.05) is 0 Å². The van der Waals surface area contributed by atoms with Crippen molar-refractivity contribution in [3.63, 3.8) is 0 Å². The molecule has 0 aliphatic rings. The third kappa shape index (κ3) is 8.34. The first-order valence-corrected chi connectivity index (χ1v) is 32.1. The Hall–Kier alpha value is -11.6. The summed E-state index contributed by atoms with van der Waals surface area (Å²) >= 11 is 0. The molecule has 8 nitrogen and oxygen atoms in total. The van der Waals surface area contributed by atoms with Gasteiger partial charge in [0.1, 0.15) is 5.52 Å². The van der Waals surface area contributed by atoms with Gasteiger partial charge in [-0.2, -0.15) is 0 Å². The van der Waals surface area contributed by atoms with Crippen LogP contribution in [0.4, 0.5) is 0 Å². The van der Waals surface area contributed by atoms with Crippen molar-refractivity contribution in [2.24, 2.45) is 0 Å². The lowest BCUT2D eigenvalue weighted by atomic mass is 9.94. The van der Waals surface area contributed by atoms with Crippen molar-refractivity contribution in [3.05, 3.63) is 281 Å². The molecule has 0 amide bonds. The fraction of sp³-hybridized carbons (Fsp3) is 0.0941. The number of hydrogen-bond donors (Lipinski definition) is 0. The zero-order valence-corrected chi connectivity index (χ0v) is 53.1. The summed E-state index contributed by atoms with van der Waals surface area (Å²) in [6.45, 7) is 17.7. The molecule has 0 bridgehead atoms. The molecular weight excluding hydrogens is 1130 g/mol. The molecule has 93 heavy (non-hydrogen) atoms. The van der Waals surface area contributed by atoms with Crippen LogP contribution >= 0.6 is 0 Å². The second-order valence-electron chi connectivity index (χ2n) is 25.8. The largest absolute Gasteiger partial charge is 0.436 e. The van der Waals surface area contributed by atoms with E-state index >= 15 is 0 Å². The first-order chi connectivity index (χ1) is 45.4. The van der Waals surface area contributed by atoms with Gasteiger partial charge in [-0.15, -0.1) is 0 Å². The minimum atomic E-state index is 0.472. The van der Waals surface area contributed by atoms with Gasteiger partial charge in [-0.1, -0.05) is 170 Å². The molecule has 0 spiro atoms. The Morgan fingerprint density at radius 1 is 0.258 bits per heavy atom. The molecular formula is C85H63N7O. The molecule has 0 fully saturated rings. The maximum atomic E-state index is 7.66. The Labute approximate surface area is 537 Å². The molecule has 0 N–H and O–H groups in total. The summed E-state index contributed by atoms with van der Waals surface area (Å²) in [5, 5.41) is 9.03. The Morgan fingerprint density at radius 2 is 0.548 bits per heavy atom. The zero-order chi connectivity index (χ0) is 62.7. The summed E-state index contributed by atoms with van der Waals surface area (Å²) in [4.78, 5) is 17.6. The number of hydrogen-bond acceptors (Lipinski definition) is 4. The van der Waals surface area contributed by atoms with Crippen molar-refractivity contribution in [1.82, 2.24) is 33.2 Å². The van der Waals surface area contributed by atoms with E-state index in [4.69, 9.17) is 19.4 Å². The molecule has 18 aromatic rings. The van der Waals surface area contributed by atoms with Crippen molar-refractivity contribution < 1.29 is 4.42 Å². The smallest absolute Gasteiger partial charge is 0.231 e. The molecule has 0 radical (unpaired) electrons. The average Bonchev–Trinajstić information content (AvgIpc) is 1.59. The highest BCUT2D eigenvalue weighted by Crippen LogP contribution is 2.55. The van der Waals surface area contributed by atoms with E-state index in [9.17, 15) is 0 Å². The lowest BCUT2D eigenvalue weighted by Gasteiger charge is -2.30. The molecule has 0 aliphatic heterocycles. The molecule has 18 rings (SSSR count). The van der Waals surface area contributed by atoms with E-state index in [1.807, 2.05) is 6.07 Å². The van der Waals surface area contributed by atoms with Crippen LogP contribution in [0.3, 0.4) is 0 Å². The summed E-state index contributed by atoms with van der Waals surface area (Å²) in [5.74, 6) is 1.07. The summed E-state index contributed by atoms with van der Waals surface area (Å²) < 4.78 is 17.9. The number of nitrogens with zero attached hydrogens (tertiary/aromatic N) is 7. The van der Waals surface area contributed by atoms with Crippen LogP contribution in [0.25, 0.3) is 166 Å². The Bertz CT molecular complexity index is 5600. The quantitative estimate of drug-likeness (QED) is 0.152. The number of aromatic nitrogens is 7. The maximum absolute atomic E-state index is 7.66. The van der Waals surface area contributed by atoms with Crippen LogP contribution in [0.5, 0.6) is 0 Å². The van der Waals surface area contributed by atoms with Gasteiger partial charge in [0.15, 0.2) is 11.4 Å². The van der Waals surface area contributed by atoms with Crippen LogP contribution in [0, 0.1) is 55.4 Å². The molecule has 0 aliphatic carbocycles. The Balaban J connectivity index is 1.25. The molecule has 6 aromatic heterocycles. The van der Waals surface area contributed by atoms with Crippen molar-refractivity contribution in [3.8, 4) is 68.1 Å². The SMILES string of the molecule is Cc1ccc2c3ccc(C)cc3n(-c3c(-c4cc(-c5ccccc5)nc(-c5ccccc5)n4)c(-n4c5cc(C)ccc5c5ccc(C)cc54)c(-n4c5cc(C)ccc5c5ccc(C)cc54)c(-c4nc5ccccc5o4)c3-n3c4cc(C)ccc4c4ccc(C)cc43)c2c1. The first-order valence-electron chi connectivity index (χ1n) is 32.1. The third-order valence-corrected chi connectivity index (χ3v) is 19.2.